The zero-order valence-electron chi connectivity index (χ0n) is 7.86. The standard InChI is InChI=1S/C10H6FN3O/c1-14-10(15)7-3-2-6(11)4-8(7)9(5-12)13-14/h2-4H,1H3. The second kappa shape index (κ2) is 3.17. The molecule has 0 spiro atoms. The lowest BCUT2D eigenvalue weighted by atomic mass is 10.1. The molecule has 1 aromatic carbocycles. The summed E-state index contributed by atoms with van der Waals surface area (Å²) >= 11 is 0. The first-order valence-electron chi connectivity index (χ1n) is 4.20. The van der Waals surface area contributed by atoms with Crippen LogP contribution < -0.4 is 5.56 Å². The van der Waals surface area contributed by atoms with Gasteiger partial charge in [0.15, 0.2) is 5.69 Å². The van der Waals surface area contributed by atoms with Crippen LogP contribution in [-0.4, -0.2) is 9.78 Å². The van der Waals surface area contributed by atoms with Crippen LogP contribution in [0.4, 0.5) is 4.39 Å². The first kappa shape index (κ1) is 9.34. The second-order valence-electron chi connectivity index (χ2n) is 3.08. The Hall–Kier alpha value is -2.22. The Morgan fingerprint density at radius 3 is 2.87 bits per heavy atom. The average Bonchev–Trinajstić information content (AvgIpc) is 2.23. The first-order valence-corrected chi connectivity index (χ1v) is 4.20. The molecule has 0 aliphatic carbocycles. The van der Waals surface area contributed by atoms with Crippen molar-refractivity contribution in [3.8, 4) is 6.07 Å². The molecule has 1 heterocycles. The summed E-state index contributed by atoms with van der Waals surface area (Å²) in [6.45, 7) is 0. The lowest BCUT2D eigenvalue weighted by molar-refractivity contribution is 0.629. The Balaban J connectivity index is 3.05. The third-order valence-electron chi connectivity index (χ3n) is 2.12. The fraction of sp³-hybridized carbons (Fsp3) is 0.100. The maximum absolute atomic E-state index is 12.9. The van der Waals surface area contributed by atoms with Gasteiger partial charge in [0.05, 0.1) is 5.39 Å². The van der Waals surface area contributed by atoms with Gasteiger partial charge in [0.2, 0.25) is 0 Å². The Labute approximate surface area is 84.2 Å². The lowest BCUT2D eigenvalue weighted by Crippen LogP contribution is -2.20. The van der Waals surface area contributed by atoms with Crippen molar-refractivity contribution in [3.05, 3.63) is 40.1 Å². The van der Waals surface area contributed by atoms with Gasteiger partial charge in [0.25, 0.3) is 5.56 Å². The van der Waals surface area contributed by atoms with Gasteiger partial charge in [-0.1, -0.05) is 0 Å². The van der Waals surface area contributed by atoms with Gasteiger partial charge >= 0.3 is 0 Å². The molecule has 0 radical (unpaired) electrons. The van der Waals surface area contributed by atoms with Gasteiger partial charge in [-0.15, -0.1) is 0 Å². The van der Waals surface area contributed by atoms with E-state index in [1.165, 1.54) is 19.2 Å². The third-order valence-corrected chi connectivity index (χ3v) is 2.12. The van der Waals surface area contributed by atoms with Crippen LogP contribution in [0.1, 0.15) is 5.69 Å². The van der Waals surface area contributed by atoms with Gasteiger partial charge < -0.3 is 0 Å². The van der Waals surface area contributed by atoms with Crippen molar-refractivity contribution in [2.75, 3.05) is 0 Å². The quantitative estimate of drug-likeness (QED) is 0.640. The van der Waals surface area contributed by atoms with Crippen LogP contribution >= 0.6 is 0 Å². The minimum absolute atomic E-state index is 0.0478. The Morgan fingerprint density at radius 2 is 2.20 bits per heavy atom. The van der Waals surface area contributed by atoms with Crippen molar-refractivity contribution in [3.63, 3.8) is 0 Å². The summed E-state index contributed by atoms with van der Waals surface area (Å²) in [6.07, 6.45) is 0. The van der Waals surface area contributed by atoms with Gasteiger partial charge in [-0.3, -0.25) is 4.79 Å². The summed E-state index contributed by atoms with van der Waals surface area (Å²) in [5.74, 6) is -0.492. The van der Waals surface area contributed by atoms with E-state index in [0.29, 0.717) is 5.39 Å². The highest BCUT2D eigenvalue weighted by Gasteiger charge is 2.08. The van der Waals surface area contributed by atoms with Crippen molar-refractivity contribution < 1.29 is 4.39 Å². The van der Waals surface area contributed by atoms with E-state index in [1.54, 1.807) is 0 Å². The summed E-state index contributed by atoms with van der Waals surface area (Å²) < 4.78 is 14.0. The molecule has 5 heteroatoms. The van der Waals surface area contributed by atoms with Crippen molar-refractivity contribution >= 4 is 10.8 Å². The van der Waals surface area contributed by atoms with Crippen molar-refractivity contribution in [1.29, 1.82) is 5.26 Å². The average molecular weight is 203 g/mol. The van der Waals surface area contributed by atoms with E-state index in [0.717, 1.165) is 10.7 Å². The maximum Gasteiger partial charge on any atom is 0.274 e. The molecule has 0 unspecified atom stereocenters. The molecule has 4 nitrogen and oxygen atoms in total. The fourth-order valence-corrected chi connectivity index (χ4v) is 1.41. The molecule has 0 bridgehead atoms. The number of hydrogen-bond donors (Lipinski definition) is 0. The highest BCUT2D eigenvalue weighted by atomic mass is 19.1. The largest absolute Gasteiger partial charge is 0.274 e. The van der Waals surface area contributed by atoms with E-state index in [-0.39, 0.29) is 16.6 Å². The number of rotatable bonds is 0. The molecule has 0 aliphatic rings. The minimum atomic E-state index is -0.492. The van der Waals surface area contributed by atoms with E-state index in [9.17, 15) is 9.18 Å². The van der Waals surface area contributed by atoms with Crippen LogP contribution in [0, 0.1) is 17.1 Å². The van der Waals surface area contributed by atoms with Gasteiger partial charge in [0, 0.05) is 12.4 Å². The Kier molecular flexibility index (Phi) is 1.97. The summed E-state index contributed by atoms with van der Waals surface area (Å²) in [5.41, 5.74) is -0.296. The van der Waals surface area contributed by atoms with Crippen molar-refractivity contribution in [1.82, 2.24) is 9.78 Å². The zero-order valence-corrected chi connectivity index (χ0v) is 7.86. The normalized spacial score (nSPS) is 10.2. The van der Waals surface area contributed by atoms with E-state index in [2.05, 4.69) is 5.10 Å². The number of hydrogen-bond acceptors (Lipinski definition) is 3. The monoisotopic (exact) mass is 203 g/mol. The van der Waals surface area contributed by atoms with E-state index in [4.69, 9.17) is 5.26 Å². The molecule has 0 aliphatic heterocycles. The molecule has 0 fully saturated rings. The minimum Gasteiger partial charge on any atom is -0.267 e. The van der Waals surface area contributed by atoms with E-state index in [1.807, 2.05) is 6.07 Å². The number of fused-ring (bicyclic) bond motifs is 1. The van der Waals surface area contributed by atoms with Crippen molar-refractivity contribution in [2.24, 2.45) is 7.05 Å². The molecular formula is C10H6FN3O. The van der Waals surface area contributed by atoms with Crippen LogP contribution in [0.5, 0.6) is 0 Å². The first-order chi connectivity index (χ1) is 7.13. The number of nitrogens with zero attached hydrogens (tertiary/aromatic N) is 3. The molecule has 0 saturated carbocycles. The molecule has 15 heavy (non-hydrogen) atoms. The van der Waals surface area contributed by atoms with E-state index >= 15 is 0 Å². The molecule has 74 valence electrons. The van der Waals surface area contributed by atoms with Gasteiger partial charge in [-0.2, -0.15) is 10.4 Å². The summed E-state index contributed by atoms with van der Waals surface area (Å²) in [7, 11) is 1.45. The Bertz CT molecular complexity index is 639. The maximum atomic E-state index is 12.9. The second-order valence-corrected chi connectivity index (χ2v) is 3.08. The summed E-state index contributed by atoms with van der Waals surface area (Å²) in [5, 5.41) is 13.1. The topological polar surface area (TPSA) is 58.7 Å². The molecule has 2 aromatic rings. The van der Waals surface area contributed by atoms with E-state index < -0.39 is 5.82 Å². The highest BCUT2D eigenvalue weighted by molar-refractivity contribution is 5.85. The SMILES string of the molecule is Cn1nc(C#N)c2cc(F)ccc2c1=O. The van der Waals surface area contributed by atoms with Crippen LogP contribution in [0.15, 0.2) is 23.0 Å². The van der Waals surface area contributed by atoms with Gasteiger partial charge in [0.1, 0.15) is 11.9 Å². The highest BCUT2D eigenvalue weighted by Crippen LogP contribution is 2.13. The molecule has 0 atom stereocenters. The molecule has 2 rings (SSSR count). The predicted octanol–water partition coefficient (Wildman–Crippen LogP) is 0.944. The van der Waals surface area contributed by atoms with Crippen LogP contribution in [0.2, 0.25) is 0 Å². The van der Waals surface area contributed by atoms with Gasteiger partial charge in [-0.25, -0.2) is 9.07 Å². The zero-order chi connectivity index (χ0) is 11.0. The summed E-state index contributed by atoms with van der Waals surface area (Å²) in [4.78, 5) is 11.6. The van der Waals surface area contributed by atoms with Crippen molar-refractivity contribution in [2.45, 2.75) is 0 Å². The lowest BCUT2D eigenvalue weighted by Gasteiger charge is -2.02. The molecule has 1 aromatic heterocycles. The number of halogens is 1. The van der Waals surface area contributed by atoms with Gasteiger partial charge in [-0.05, 0) is 18.2 Å². The third kappa shape index (κ3) is 1.36. The number of benzene rings is 1. The molecule has 0 amide bonds. The molecule has 0 saturated heterocycles. The summed E-state index contributed by atoms with van der Waals surface area (Å²) in [6, 6.07) is 5.51. The smallest absolute Gasteiger partial charge is 0.267 e. The van der Waals surface area contributed by atoms with Crippen LogP contribution in [0.25, 0.3) is 10.8 Å². The predicted molar refractivity (Wildman–Crippen MR) is 51.7 cm³/mol. The number of nitriles is 1. The fourth-order valence-electron chi connectivity index (χ4n) is 1.41. The van der Waals surface area contributed by atoms with Crippen LogP contribution in [0.3, 0.4) is 0 Å². The van der Waals surface area contributed by atoms with Crippen LogP contribution in [-0.2, 0) is 7.05 Å². The number of aryl methyl sites for hydroxylation is 1. The Morgan fingerprint density at radius 1 is 1.47 bits per heavy atom. The molecule has 0 N–H and O–H groups in total. The number of aromatic nitrogens is 2. The molecular weight excluding hydrogens is 197 g/mol.